The van der Waals surface area contributed by atoms with Crippen LogP contribution in [0.25, 0.3) is 0 Å². The zero-order valence-corrected chi connectivity index (χ0v) is 20.0. The Morgan fingerprint density at radius 1 is 0.938 bits per heavy atom. The van der Waals surface area contributed by atoms with Crippen molar-refractivity contribution in [1.82, 2.24) is 4.81 Å². The molecule has 0 fully saturated rings. The number of para-hydroxylation sites is 1. The van der Waals surface area contributed by atoms with Crippen LogP contribution < -0.4 is 5.32 Å². The van der Waals surface area contributed by atoms with Gasteiger partial charge in [-0.2, -0.15) is 0 Å². The summed E-state index contributed by atoms with van der Waals surface area (Å²) in [6.45, 7) is 11.4. The molecule has 1 N–H and O–H groups in total. The maximum atomic E-state index is 5.24. The number of nitrogens with one attached hydrogen (secondary N) is 1. The number of aliphatic imine (C=N–C) groups is 1. The lowest BCUT2D eigenvalue weighted by atomic mass is 9.77. The second-order valence-corrected chi connectivity index (χ2v) is 9.66. The molecule has 1 aliphatic heterocycles. The maximum Gasteiger partial charge on any atom is 0.185 e. The lowest BCUT2D eigenvalue weighted by Gasteiger charge is -2.38. The van der Waals surface area contributed by atoms with E-state index in [4.69, 9.17) is 4.99 Å². The average molecular weight is 423 g/mol. The monoisotopic (exact) mass is 423 g/mol. The Bertz CT molecular complexity index is 1030. The fourth-order valence-electron chi connectivity index (χ4n) is 5.03. The van der Waals surface area contributed by atoms with Gasteiger partial charge in [0, 0.05) is 23.1 Å². The summed E-state index contributed by atoms with van der Waals surface area (Å²) in [5.74, 6) is 0.428. The van der Waals surface area contributed by atoms with Crippen molar-refractivity contribution in [2.75, 3.05) is 18.4 Å². The molecule has 32 heavy (non-hydrogen) atoms. The van der Waals surface area contributed by atoms with Crippen LogP contribution in [-0.2, 0) is 0 Å². The topological polar surface area (TPSA) is 27.6 Å². The number of nitrogens with zero attached hydrogens (tertiary/aromatic N) is 2. The molecule has 1 heterocycles. The molecule has 4 rings (SSSR count). The summed E-state index contributed by atoms with van der Waals surface area (Å²) in [5, 5.41) is 3.90. The van der Waals surface area contributed by atoms with Crippen LogP contribution in [0, 0.1) is 5.41 Å². The Morgan fingerprint density at radius 3 is 2.09 bits per heavy atom. The molecule has 2 unspecified atom stereocenters. The van der Waals surface area contributed by atoms with Crippen LogP contribution in [0.15, 0.2) is 83.9 Å². The molecule has 164 valence electrons. The van der Waals surface area contributed by atoms with E-state index in [-0.39, 0.29) is 5.41 Å². The minimum absolute atomic E-state index is 0.131. The van der Waals surface area contributed by atoms with Gasteiger partial charge in [-0.1, -0.05) is 100 Å². The minimum Gasteiger partial charge on any atom is -0.379 e. The second-order valence-electron chi connectivity index (χ2n) is 9.66. The van der Waals surface area contributed by atoms with Crippen molar-refractivity contribution in [2.24, 2.45) is 10.4 Å². The van der Waals surface area contributed by atoms with E-state index >= 15 is 0 Å². The molecule has 0 radical (unpaired) electrons. The maximum absolute atomic E-state index is 5.24. The van der Waals surface area contributed by atoms with Gasteiger partial charge >= 0.3 is 0 Å². The van der Waals surface area contributed by atoms with Crippen molar-refractivity contribution in [1.29, 1.82) is 0 Å². The van der Waals surface area contributed by atoms with E-state index < -0.39 is 0 Å². The van der Waals surface area contributed by atoms with Gasteiger partial charge in [-0.15, -0.1) is 0 Å². The zero-order valence-electron chi connectivity index (χ0n) is 20.0. The third-order valence-electron chi connectivity index (χ3n) is 6.75. The first kappa shape index (κ1) is 22.4. The Hall–Kier alpha value is -2.85. The minimum atomic E-state index is 0.131. The van der Waals surface area contributed by atoms with Crippen LogP contribution in [-0.4, -0.2) is 37.6 Å². The number of fused-ring (bicyclic) bond motifs is 1. The van der Waals surface area contributed by atoms with Crippen LogP contribution in [0.2, 0.25) is 0 Å². The number of benzene rings is 3. The predicted molar refractivity (Wildman–Crippen MR) is 140 cm³/mol. The molecule has 0 aromatic heterocycles. The van der Waals surface area contributed by atoms with Crippen molar-refractivity contribution in [3.8, 4) is 0 Å². The number of anilines is 1. The number of hydrogen-bond donors (Lipinski definition) is 1. The third kappa shape index (κ3) is 4.51. The molecule has 0 bridgehead atoms. The summed E-state index contributed by atoms with van der Waals surface area (Å²) in [6, 6.07) is 27.9. The van der Waals surface area contributed by atoms with Crippen molar-refractivity contribution in [2.45, 2.75) is 39.7 Å². The molecule has 0 spiro atoms. The molecule has 0 saturated carbocycles. The summed E-state index contributed by atoms with van der Waals surface area (Å²) in [4.78, 5) is 7.64. The van der Waals surface area contributed by atoms with E-state index in [2.05, 4.69) is 125 Å². The van der Waals surface area contributed by atoms with Crippen molar-refractivity contribution >= 4 is 25.1 Å². The van der Waals surface area contributed by atoms with Gasteiger partial charge in [-0.25, -0.2) is 4.99 Å². The zero-order chi connectivity index (χ0) is 22.7. The summed E-state index contributed by atoms with van der Waals surface area (Å²) in [5.41, 5.74) is 6.95. The molecular formula is C28H34BN3. The van der Waals surface area contributed by atoms with E-state index in [9.17, 15) is 0 Å². The van der Waals surface area contributed by atoms with Gasteiger partial charge < -0.3 is 10.1 Å². The lowest BCUT2D eigenvalue weighted by molar-refractivity contribution is 0.223. The quantitative estimate of drug-likeness (QED) is 0.393. The molecule has 3 aromatic rings. The van der Waals surface area contributed by atoms with Crippen LogP contribution in [0.1, 0.15) is 50.3 Å². The summed E-state index contributed by atoms with van der Waals surface area (Å²) in [6.07, 6.45) is 0. The van der Waals surface area contributed by atoms with Crippen LogP contribution in [0.3, 0.4) is 0 Å². The molecule has 2 atom stereocenters. The fraction of sp³-hybridized carbons (Fsp3) is 0.321. The van der Waals surface area contributed by atoms with Gasteiger partial charge in [-0.3, -0.25) is 0 Å². The molecule has 3 nitrogen and oxygen atoms in total. The van der Waals surface area contributed by atoms with Gasteiger partial charge in [0.15, 0.2) is 7.98 Å². The van der Waals surface area contributed by atoms with E-state index in [0.29, 0.717) is 12.0 Å². The van der Waals surface area contributed by atoms with Crippen LogP contribution in [0.4, 0.5) is 11.4 Å². The molecule has 0 amide bonds. The molecule has 4 heteroatoms. The highest BCUT2D eigenvalue weighted by Crippen LogP contribution is 2.47. The number of hydrogen-bond acceptors (Lipinski definition) is 3. The summed E-state index contributed by atoms with van der Waals surface area (Å²) >= 11 is 0. The Labute approximate surface area is 194 Å². The molecule has 0 aliphatic carbocycles. The SMILES string of the molecule is BN(CC)CC(C)(C)C1Nc2c(N=C(c3ccccc3)c3ccccc3)cccc2C1C. The first-order valence-electron chi connectivity index (χ1n) is 11.7. The highest BCUT2D eigenvalue weighted by atomic mass is 15.1. The highest BCUT2D eigenvalue weighted by molar-refractivity contribution is 6.14. The van der Waals surface area contributed by atoms with E-state index in [1.165, 1.54) is 11.3 Å². The van der Waals surface area contributed by atoms with E-state index in [0.717, 1.165) is 35.6 Å². The standard InChI is InChI=1S/C28H34BN3/c1-5-32(29)19-28(3,4)27-20(2)23-17-12-18-24(26(23)31-27)30-25(21-13-8-6-9-14-21)22-15-10-7-11-16-22/h6-18,20,27,31H,5,19,29H2,1-4H3. The fourth-order valence-corrected chi connectivity index (χ4v) is 5.03. The molecule has 1 aliphatic rings. The lowest BCUT2D eigenvalue weighted by Crippen LogP contribution is -2.44. The largest absolute Gasteiger partial charge is 0.379 e. The van der Waals surface area contributed by atoms with Crippen molar-refractivity contribution < 1.29 is 0 Å². The first-order valence-corrected chi connectivity index (χ1v) is 11.7. The summed E-state index contributed by atoms with van der Waals surface area (Å²) in [7, 11) is 2.20. The van der Waals surface area contributed by atoms with Crippen LogP contribution >= 0.6 is 0 Å². The molecular weight excluding hydrogens is 389 g/mol. The van der Waals surface area contributed by atoms with Gasteiger partial charge in [0.2, 0.25) is 0 Å². The van der Waals surface area contributed by atoms with Gasteiger partial charge in [0.25, 0.3) is 0 Å². The average Bonchev–Trinajstić information content (AvgIpc) is 3.16. The smallest absolute Gasteiger partial charge is 0.185 e. The van der Waals surface area contributed by atoms with E-state index in [1.54, 1.807) is 0 Å². The predicted octanol–water partition coefficient (Wildman–Crippen LogP) is 5.65. The van der Waals surface area contributed by atoms with Gasteiger partial charge in [0.05, 0.1) is 17.1 Å². The molecule has 3 aromatic carbocycles. The van der Waals surface area contributed by atoms with Crippen molar-refractivity contribution in [3.63, 3.8) is 0 Å². The van der Waals surface area contributed by atoms with Gasteiger partial charge in [0.1, 0.15) is 0 Å². The van der Waals surface area contributed by atoms with E-state index in [1.807, 2.05) is 0 Å². The first-order chi connectivity index (χ1) is 15.4. The normalized spacial score (nSPS) is 17.7. The Balaban J connectivity index is 1.75. The number of rotatable bonds is 7. The second kappa shape index (κ2) is 9.34. The third-order valence-corrected chi connectivity index (χ3v) is 6.75. The molecule has 0 saturated heterocycles. The highest BCUT2D eigenvalue weighted by Gasteiger charge is 2.40. The van der Waals surface area contributed by atoms with Crippen LogP contribution in [0.5, 0.6) is 0 Å². The van der Waals surface area contributed by atoms with Crippen molar-refractivity contribution in [3.05, 3.63) is 95.6 Å². The van der Waals surface area contributed by atoms with Gasteiger partial charge in [-0.05, 0) is 30.1 Å². The Kier molecular flexibility index (Phi) is 6.52. The summed E-state index contributed by atoms with van der Waals surface area (Å²) < 4.78 is 0. The Morgan fingerprint density at radius 2 is 1.53 bits per heavy atom.